The van der Waals surface area contributed by atoms with Crippen molar-refractivity contribution >= 4 is 23.6 Å². The molecule has 0 bridgehead atoms. The maximum Gasteiger partial charge on any atom is 0.430 e. The Kier molecular flexibility index (Phi) is 3.93. The van der Waals surface area contributed by atoms with Crippen molar-refractivity contribution in [3.05, 3.63) is 33.9 Å². The first-order valence-corrected chi connectivity index (χ1v) is 6.50. The normalized spacial score (nSPS) is 18.0. The summed E-state index contributed by atoms with van der Waals surface area (Å²) in [7, 11) is 0. The van der Waals surface area contributed by atoms with Crippen LogP contribution in [0.2, 0.25) is 5.02 Å². The van der Waals surface area contributed by atoms with Gasteiger partial charge >= 0.3 is 12.1 Å². The van der Waals surface area contributed by atoms with E-state index in [2.05, 4.69) is 0 Å². The number of carboxylic acids is 1. The average Bonchev–Trinajstić information content (AvgIpc) is 2.34. The molecule has 1 unspecified atom stereocenters. The van der Waals surface area contributed by atoms with E-state index in [-0.39, 0.29) is 17.2 Å². The first kappa shape index (κ1) is 15.7. The van der Waals surface area contributed by atoms with Gasteiger partial charge in [-0.2, -0.15) is 13.2 Å². The molecule has 0 radical (unpaired) electrons. The second kappa shape index (κ2) is 5.26. The SMILES string of the molecule is CC(C)c1cc(Cl)cc2c1OC(C(F)(F)F)C(C(=O)O)=C2. The van der Waals surface area contributed by atoms with E-state index < -0.39 is 23.8 Å². The molecule has 7 heteroatoms. The van der Waals surface area contributed by atoms with Gasteiger partial charge in [0.05, 0.1) is 5.57 Å². The first-order valence-electron chi connectivity index (χ1n) is 6.13. The van der Waals surface area contributed by atoms with Crippen LogP contribution in [-0.4, -0.2) is 23.4 Å². The number of rotatable bonds is 2. The summed E-state index contributed by atoms with van der Waals surface area (Å²) in [6.07, 6.45) is -6.33. The average molecular weight is 321 g/mol. The van der Waals surface area contributed by atoms with Crippen molar-refractivity contribution in [1.29, 1.82) is 0 Å². The zero-order valence-electron chi connectivity index (χ0n) is 11.2. The number of benzene rings is 1. The van der Waals surface area contributed by atoms with Gasteiger partial charge in [0.1, 0.15) is 5.75 Å². The maximum atomic E-state index is 13.0. The van der Waals surface area contributed by atoms with Gasteiger partial charge in [0, 0.05) is 10.6 Å². The van der Waals surface area contributed by atoms with E-state index in [1.165, 1.54) is 12.1 Å². The number of halogens is 4. The van der Waals surface area contributed by atoms with Gasteiger partial charge in [-0.3, -0.25) is 0 Å². The molecule has 0 aromatic heterocycles. The Balaban J connectivity index is 2.66. The Hall–Kier alpha value is -1.69. The smallest absolute Gasteiger partial charge is 0.430 e. The minimum absolute atomic E-state index is 0.0294. The minimum Gasteiger partial charge on any atom is -0.478 e. The van der Waals surface area contributed by atoms with E-state index in [0.29, 0.717) is 10.6 Å². The van der Waals surface area contributed by atoms with Crippen LogP contribution in [0, 0.1) is 0 Å². The van der Waals surface area contributed by atoms with Crippen LogP contribution in [0.25, 0.3) is 6.08 Å². The molecule has 0 aliphatic carbocycles. The third-order valence-corrected chi connectivity index (χ3v) is 3.32. The van der Waals surface area contributed by atoms with Gasteiger partial charge in [-0.05, 0) is 29.7 Å². The van der Waals surface area contributed by atoms with Crippen LogP contribution >= 0.6 is 11.6 Å². The van der Waals surface area contributed by atoms with Crippen molar-refractivity contribution in [2.24, 2.45) is 0 Å². The molecule has 0 saturated heterocycles. The number of carboxylic acid groups (broad SMARTS) is 1. The number of fused-ring (bicyclic) bond motifs is 1. The molecule has 1 aliphatic heterocycles. The number of hydrogen-bond donors (Lipinski definition) is 1. The van der Waals surface area contributed by atoms with Gasteiger partial charge in [-0.15, -0.1) is 0 Å². The van der Waals surface area contributed by atoms with Gasteiger partial charge in [0.2, 0.25) is 6.10 Å². The number of ether oxygens (including phenoxy) is 1. The van der Waals surface area contributed by atoms with Crippen LogP contribution in [0.5, 0.6) is 5.75 Å². The Morgan fingerprint density at radius 2 is 2.00 bits per heavy atom. The summed E-state index contributed by atoms with van der Waals surface area (Å²) < 4.78 is 44.0. The largest absolute Gasteiger partial charge is 0.478 e. The molecule has 1 atom stereocenters. The molecular weight excluding hydrogens is 309 g/mol. The standard InChI is InChI=1S/C14H12ClF3O3/c1-6(2)9-5-8(15)3-7-4-10(13(19)20)12(14(16,17)18)21-11(7)9/h3-6,12H,1-2H3,(H,19,20). The molecule has 21 heavy (non-hydrogen) atoms. The van der Waals surface area contributed by atoms with Gasteiger partial charge in [-0.1, -0.05) is 25.4 Å². The predicted octanol–water partition coefficient (Wildman–Crippen LogP) is 4.25. The highest BCUT2D eigenvalue weighted by atomic mass is 35.5. The molecule has 0 spiro atoms. The van der Waals surface area contributed by atoms with Gasteiger partial charge < -0.3 is 9.84 Å². The lowest BCUT2D eigenvalue weighted by Gasteiger charge is -2.29. The fourth-order valence-corrected chi connectivity index (χ4v) is 2.39. The summed E-state index contributed by atoms with van der Waals surface area (Å²) in [5.41, 5.74) is -0.108. The number of carbonyl (C=O) groups is 1. The molecule has 0 amide bonds. The fraction of sp³-hybridized carbons (Fsp3) is 0.357. The Labute approximate surface area is 124 Å². The summed E-state index contributed by atoms with van der Waals surface area (Å²) in [5, 5.41) is 9.28. The zero-order valence-corrected chi connectivity index (χ0v) is 11.9. The molecule has 0 saturated carbocycles. The highest BCUT2D eigenvalue weighted by Gasteiger charge is 2.48. The summed E-state index contributed by atoms with van der Waals surface area (Å²) in [4.78, 5) is 11.0. The van der Waals surface area contributed by atoms with Crippen LogP contribution in [0.1, 0.15) is 30.9 Å². The third kappa shape index (κ3) is 3.00. The highest BCUT2D eigenvalue weighted by molar-refractivity contribution is 6.31. The van der Waals surface area contributed by atoms with E-state index in [1.807, 2.05) is 0 Å². The molecule has 3 nitrogen and oxygen atoms in total. The molecule has 1 aromatic carbocycles. The first-order chi connectivity index (χ1) is 9.61. The number of hydrogen-bond acceptors (Lipinski definition) is 2. The molecular formula is C14H12ClF3O3. The molecule has 2 rings (SSSR count). The van der Waals surface area contributed by atoms with E-state index in [0.717, 1.165) is 6.08 Å². The molecule has 1 aliphatic rings. The Morgan fingerprint density at radius 3 is 2.48 bits per heavy atom. The Morgan fingerprint density at radius 1 is 1.38 bits per heavy atom. The number of alkyl halides is 3. The minimum atomic E-state index is -4.81. The van der Waals surface area contributed by atoms with Gasteiger partial charge in [0.15, 0.2) is 0 Å². The van der Waals surface area contributed by atoms with Crippen molar-refractivity contribution in [1.82, 2.24) is 0 Å². The van der Waals surface area contributed by atoms with Crippen molar-refractivity contribution in [3.8, 4) is 5.75 Å². The predicted molar refractivity (Wildman–Crippen MR) is 71.6 cm³/mol. The van der Waals surface area contributed by atoms with Crippen molar-refractivity contribution in [2.45, 2.75) is 32.0 Å². The fourth-order valence-electron chi connectivity index (χ4n) is 2.15. The summed E-state index contributed by atoms with van der Waals surface area (Å²) >= 11 is 5.93. The van der Waals surface area contributed by atoms with Gasteiger partial charge in [0.25, 0.3) is 0 Å². The zero-order chi connectivity index (χ0) is 15.9. The monoisotopic (exact) mass is 320 g/mol. The highest BCUT2D eigenvalue weighted by Crippen LogP contribution is 2.42. The maximum absolute atomic E-state index is 13.0. The van der Waals surface area contributed by atoms with E-state index in [1.54, 1.807) is 13.8 Å². The third-order valence-electron chi connectivity index (χ3n) is 3.11. The topological polar surface area (TPSA) is 46.5 Å². The summed E-state index contributed by atoms with van der Waals surface area (Å²) in [6.45, 7) is 3.57. The Bertz CT molecular complexity index is 621. The lowest BCUT2D eigenvalue weighted by molar-refractivity contribution is -0.187. The second-order valence-corrected chi connectivity index (χ2v) is 5.45. The quantitative estimate of drug-likeness (QED) is 0.886. The second-order valence-electron chi connectivity index (χ2n) is 5.01. The molecule has 1 aromatic rings. The molecule has 114 valence electrons. The summed E-state index contributed by atoms with van der Waals surface area (Å²) in [5.74, 6) is -1.76. The van der Waals surface area contributed by atoms with Crippen LogP contribution < -0.4 is 4.74 Å². The van der Waals surface area contributed by atoms with Crippen LogP contribution in [-0.2, 0) is 4.79 Å². The molecule has 1 N–H and O–H groups in total. The van der Waals surface area contributed by atoms with Gasteiger partial charge in [-0.25, -0.2) is 4.79 Å². The summed E-state index contributed by atoms with van der Waals surface area (Å²) in [6, 6.07) is 2.91. The van der Waals surface area contributed by atoms with E-state index >= 15 is 0 Å². The molecule has 0 fully saturated rings. The van der Waals surface area contributed by atoms with E-state index in [9.17, 15) is 18.0 Å². The van der Waals surface area contributed by atoms with Crippen molar-refractivity contribution < 1.29 is 27.8 Å². The number of aliphatic carboxylic acids is 1. The van der Waals surface area contributed by atoms with Crippen LogP contribution in [0.15, 0.2) is 17.7 Å². The molecule has 1 heterocycles. The van der Waals surface area contributed by atoms with Crippen LogP contribution in [0.3, 0.4) is 0 Å². The lowest BCUT2D eigenvalue weighted by Crippen LogP contribution is -2.40. The van der Waals surface area contributed by atoms with Crippen LogP contribution in [0.4, 0.5) is 13.2 Å². The van der Waals surface area contributed by atoms with Crippen molar-refractivity contribution in [2.75, 3.05) is 0 Å². The van der Waals surface area contributed by atoms with E-state index in [4.69, 9.17) is 21.4 Å². The van der Waals surface area contributed by atoms with Crippen molar-refractivity contribution in [3.63, 3.8) is 0 Å². The lowest BCUT2D eigenvalue weighted by atomic mass is 9.94.